The molecule has 0 saturated carbocycles. The Kier molecular flexibility index (Phi) is 8.43. The van der Waals surface area contributed by atoms with E-state index in [2.05, 4.69) is 9.97 Å². The highest BCUT2D eigenvalue weighted by molar-refractivity contribution is 5.90. The highest BCUT2D eigenvalue weighted by atomic mass is 16.6. The number of carbonyl (C=O) groups is 2. The van der Waals surface area contributed by atoms with Gasteiger partial charge in [-0.05, 0) is 65.9 Å². The Bertz CT molecular complexity index is 1110. The van der Waals surface area contributed by atoms with E-state index in [1.54, 1.807) is 25.7 Å². The van der Waals surface area contributed by atoms with Crippen molar-refractivity contribution in [1.82, 2.24) is 14.9 Å². The molecular formula is C27H37N3O6. The van der Waals surface area contributed by atoms with Crippen molar-refractivity contribution < 1.29 is 23.8 Å². The molecule has 9 heteroatoms. The van der Waals surface area contributed by atoms with Crippen LogP contribution < -0.4 is 10.3 Å². The molecule has 1 aromatic heterocycles. The number of amides is 1. The Morgan fingerprint density at radius 2 is 1.61 bits per heavy atom. The van der Waals surface area contributed by atoms with Crippen LogP contribution >= 0.6 is 0 Å². The minimum atomic E-state index is -0.757. The number of H-pyrrole nitrogens is 1. The summed E-state index contributed by atoms with van der Waals surface area (Å²) in [6.07, 6.45) is 1.61. The summed E-state index contributed by atoms with van der Waals surface area (Å²) in [4.78, 5) is 47.2. The summed E-state index contributed by atoms with van der Waals surface area (Å²) < 4.78 is 16.7. The number of piperidine rings is 1. The van der Waals surface area contributed by atoms with Gasteiger partial charge in [-0.2, -0.15) is 0 Å². The van der Waals surface area contributed by atoms with Crippen LogP contribution in [-0.4, -0.2) is 51.2 Å². The van der Waals surface area contributed by atoms with Crippen LogP contribution in [0.1, 0.15) is 76.3 Å². The van der Waals surface area contributed by atoms with Crippen molar-refractivity contribution in [2.24, 2.45) is 5.92 Å². The van der Waals surface area contributed by atoms with Gasteiger partial charge in [-0.15, -0.1) is 0 Å². The molecule has 9 nitrogen and oxygen atoms in total. The van der Waals surface area contributed by atoms with Crippen LogP contribution in [0.4, 0.5) is 4.79 Å². The highest BCUT2D eigenvalue weighted by Crippen LogP contribution is 2.24. The number of benzene rings is 1. The quantitative estimate of drug-likeness (QED) is 0.583. The lowest BCUT2D eigenvalue weighted by atomic mass is 9.93. The number of aromatic amines is 1. The van der Waals surface area contributed by atoms with Gasteiger partial charge in [0.25, 0.3) is 5.56 Å². The minimum Gasteiger partial charge on any atom is -0.481 e. The van der Waals surface area contributed by atoms with Crippen LogP contribution in [0, 0.1) is 5.92 Å². The molecule has 2 heterocycles. The number of rotatable bonds is 6. The molecule has 1 saturated heterocycles. The predicted octanol–water partition coefficient (Wildman–Crippen LogP) is 4.49. The monoisotopic (exact) mass is 499 g/mol. The maximum Gasteiger partial charge on any atom is 0.410 e. The first-order valence-corrected chi connectivity index (χ1v) is 12.3. The standard InChI is InChI=1S/C27H37N3O6/c1-26(2,3)35-24(32)21-22(34-17-19-10-8-7-9-11-19)23(31)29-20(28-21)16-18-12-14-30(15-13-18)25(33)36-27(4,5)6/h7-11,18H,12-17H2,1-6H3,(H,28,29,31). The van der Waals surface area contributed by atoms with Gasteiger partial charge in [0.15, 0.2) is 5.69 Å². The summed E-state index contributed by atoms with van der Waals surface area (Å²) in [5, 5.41) is 0. The molecule has 0 unspecified atom stereocenters. The summed E-state index contributed by atoms with van der Waals surface area (Å²) in [5.74, 6) is -0.285. The van der Waals surface area contributed by atoms with Gasteiger partial charge in [-0.25, -0.2) is 14.6 Å². The van der Waals surface area contributed by atoms with Crippen molar-refractivity contribution in [2.75, 3.05) is 13.1 Å². The van der Waals surface area contributed by atoms with E-state index >= 15 is 0 Å². The van der Waals surface area contributed by atoms with E-state index in [0.29, 0.717) is 25.3 Å². The van der Waals surface area contributed by atoms with E-state index in [9.17, 15) is 14.4 Å². The number of nitrogens with zero attached hydrogens (tertiary/aromatic N) is 2. The first kappa shape index (κ1) is 27.2. The SMILES string of the molecule is CC(C)(C)OC(=O)c1nc(CC2CCN(C(=O)OC(C)(C)C)CC2)[nH]c(=O)c1OCc1ccccc1. The molecule has 1 amide bonds. The third kappa shape index (κ3) is 8.10. The first-order chi connectivity index (χ1) is 16.8. The number of ether oxygens (including phenoxy) is 3. The van der Waals surface area contributed by atoms with Gasteiger partial charge in [-0.1, -0.05) is 30.3 Å². The highest BCUT2D eigenvalue weighted by Gasteiger charge is 2.29. The van der Waals surface area contributed by atoms with Crippen LogP contribution in [0.2, 0.25) is 0 Å². The molecule has 1 aliphatic rings. The number of hydrogen-bond acceptors (Lipinski definition) is 7. The predicted molar refractivity (Wildman–Crippen MR) is 135 cm³/mol. The van der Waals surface area contributed by atoms with Crippen molar-refractivity contribution in [3.63, 3.8) is 0 Å². The topological polar surface area (TPSA) is 111 Å². The molecule has 1 N–H and O–H groups in total. The molecule has 1 aliphatic heterocycles. The summed E-state index contributed by atoms with van der Waals surface area (Å²) in [6.45, 7) is 12.0. The van der Waals surface area contributed by atoms with Crippen molar-refractivity contribution >= 4 is 12.1 Å². The van der Waals surface area contributed by atoms with E-state index in [1.807, 2.05) is 51.1 Å². The summed E-state index contributed by atoms with van der Waals surface area (Å²) in [5.41, 5.74) is -1.10. The molecule has 0 bridgehead atoms. The lowest BCUT2D eigenvalue weighted by Crippen LogP contribution is -2.42. The summed E-state index contributed by atoms with van der Waals surface area (Å²) in [7, 11) is 0. The van der Waals surface area contributed by atoms with E-state index in [0.717, 1.165) is 18.4 Å². The van der Waals surface area contributed by atoms with Gasteiger partial charge >= 0.3 is 12.1 Å². The Morgan fingerprint density at radius 1 is 1.00 bits per heavy atom. The normalized spacial score (nSPS) is 14.9. The van der Waals surface area contributed by atoms with Gasteiger partial charge in [-0.3, -0.25) is 4.79 Å². The Labute approximate surface area is 212 Å². The Balaban J connectivity index is 1.74. The second-order valence-corrected chi connectivity index (χ2v) is 11.1. The number of hydrogen-bond donors (Lipinski definition) is 1. The van der Waals surface area contributed by atoms with E-state index in [-0.39, 0.29) is 30.1 Å². The minimum absolute atomic E-state index is 0.115. The maximum atomic E-state index is 13.0. The van der Waals surface area contributed by atoms with Gasteiger partial charge in [0.1, 0.15) is 23.6 Å². The molecule has 1 aromatic carbocycles. The second kappa shape index (κ2) is 11.1. The molecule has 196 valence electrons. The molecular weight excluding hydrogens is 462 g/mol. The first-order valence-electron chi connectivity index (χ1n) is 12.3. The lowest BCUT2D eigenvalue weighted by molar-refractivity contribution is 0.00552. The molecule has 36 heavy (non-hydrogen) atoms. The van der Waals surface area contributed by atoms with Gasteiger partial charge in [0.05, 0.1) is 0 Å². The second-order valence-electron chi connectivity index (χ2n) is 11.1. The average Bonchev–Trinajstić information content (AvgIpc) is 2.77. The van der Waals surface area contributed by atoms with Crippen LogP contribution in [0.5, 0.6) is 5.75 Å². The number of aromatic nitrogens is 2. The zero-order valence-corrected chi connectivity index (χ0v) is 22.1. The average molecular weight is 500 g/mol. The van der Waals surface area contributed by atoms with Gasteiger partial charge in [0, 0.05) is 19.5 Å². The van der Waals surface area contributed by atoms with Crippen molar-refractivity contribution in [1.29, 1.82) is 0 Å². The van der Waals surface area contributed by atoms with Crippen LogP contribution in [0.15, 0.2) is 35.1 Å². The number of carbonyl (C=O) groups excluding carboxylic acids is 2. The zero-order chi connectivity index (χ0) is 26.5. The fourth-order valence-corrected chi connectivity index (χ4v) is 3.85. The number of likely N-dealkylation sites (tertiary alicyclic amines) is 1. The Hall–Kier alpha value is -3.36. The summed E-state index contributed by atoms with van der Waals surface area (Å²) in [6, 6.07) is 9.36. The van der Waals surface area contributed by atoms with Crippen molar-refractivity contribution in [3.05, 3.63) is 57.8 Å². The lowest BCUT2D eigenvalue weighted by Gasteiger charge is -2.33. The fourth-order valence-electron chi connectivity index (χ4n) is 3.85. The van der Waals surface area contributed by atoms with Crippen LogP contribution in [-0.2, 0) is 22.5 Å². The molecule has 1 fully saturated rings. The molecule has 0 spiro atoms. The van der Waals surface area contributed by atoms with Crippen LogP contribution in [0.3, 0.4) is 0 Å². The molecule has 0 aliphatic carbocycles. The molecule has 3 rings (SSSR count). The summed E-state index contributed by atoms with van der Waals surface area (Å²) >= 11 is 0. The molecule has 0 radical (unpaired) electrons. The van der Waals surface area contributed by atoms with Crippen molar-refractivity contribution in [3.8, 4) is 5.75 Å². The molecule has 0 atom stereocenters. The smallest absolute Gasteiger partial charge is 0.410 e. The largest absolute Gasteiger partial charge is 0.481 e. The van der Waals surface area contributed by atoms with E-state index < -0.39 is 22.7 Å². The number of esters is 1. The molecule has 2 aromatic rings. The maximum absolute atomic E-state index is 13.0. The van der Waals surface area contributed by atoms with Gasteiger partial charge in [0.2, 0.25) is 5.75 Å². The van der Waals surface area contributed by atoms with E-state index in [4.69, 9.17) is 14.2 Å². The fraction of sp³-hybridized carbons (Fsp3) is 0.556. The van der Waals surface area contributed by atoms with Crippen molar-refractivity contribution in [2.45, 2.75) is 78.6 Å². The van der Waals surface area contributed by atoms with E-state index in [1.165, 1.54) is 0 Å². The Morgan fingerprint density at radius 3 is 2.19 bits per heavy atom. The third-order valence-electron chi connectivity index (χ3n) is 5.49. The van der Waals surface area contributed by atoms with Crippen LogP contribution in [0.25, 0.3) is 0 Å². The number of nitrogens with one attached hydrogen (secondary N) is 1. The van der Waals surface area contributed by atoms with Gasteiger partial charge < -0.3 is 24.1 Å². The third-order valence-corrected chi connectivity index (χ3v) is 5.49. The zero-order valence-electron chi connectivity index (χ0n) is 22.1.